The van der Waals surface area contributed by atoms with Crippen molar-refractivity contribution in [2.24, 2.45) is 0 Å². The molecule has 2 unspecified atom stereocenters. The van der Waals surface area contributed by atoms with Gasteiger partial charge in [-0.3, -0.25) is 4.90 Å². The van der Waals surface area contributed by atoms with Gasteiger partial charge in [0.1, 0.15) is 0 Å². The molecule has 15 heavy (non-hydrogen) atoms. The molecule has 0 aliphatic carbocycles. The van der Waals surface area contributed by atoms with Gasteiger partial charge in [-0.15, -0.1) is 6.42 Å². The van der Waals surface area contributed by atoms with Gasteiger partial charge >= 0.3 is 0 Å². The minimum absolute atomic E-state index is 0.227. The highest BCUT2D eigenvalue weighted by Gasteiger charge is 2.22. The molecule has 1 aliphatic heterocycles. The van der Waals surface area contributed by atoms with E-state index in [2.05, 4.69) is 42.1 Å². The van der Waals surface area contributed by atoms with Crippen molar-refractivity contribution in [3.8, 4) is 12.3 Å². The summed E-state index contributed by atoms with van der Waals surface area (Å²) in [6.45, 7) is 6.55. The van der Waals surface area contributed by atoms with Crippen LogP contribution in [0.1, 0.15) is 13.3 Å². The summed E-state index contributed by atoms with van der Waals surface area (Å²) in [4.78, 5) is 4.79. The van der Waals surface area contributed by atoms with E-state index in [0.29, 0.717) is 6.04 Å². The van der Waals surface area contributed by atoms with E-state index in [1.807, 2.05) is 0 Å². The third-order valence-corrected chi connectivity index (χ3v) is 3.19. The van der Waals surface area contributed by atoms with Gasteiger partial charge in [0.2, 0.25) is 0 Å². The molecule has 1 fully saturated rings. The van der Waals surface area contributed by atoms with Gasteiger partial charge in [0.05, 0.1) is 6.04 Å². The van der Waals surface area contributed by atoms with E-state index in [-0.39, 0.29) is 6.04 Å². The van der Waals surface area contributed by atoms with Crippen LogP contribution in [0.3, 0.4) is 0 Å². The summed E-state index contributed by atoms with van der Waals surface area (Å²) >= 11 is 0. The molecule has 2 atom stereocenters. The number of nitrogens with one attached hydrogen (secondary N) is 1. The van der Waals surface area contributed by atoms with Crippen LogP contribution in [-0.2, 0) is 0 Å². The molecule has 0 aromatic heterocycles. The van der Waals surface area contributed by atoms with Crippen LogP contribution in [0, 0.1) is 12.3 Å². The topological polar surface area (TPSA) is 18.5 Å². The van der Waals surface area contributed by atoms with Crippen LogP contribution in [0.5, 0.6) is 0 Å². The third-order valence-electron chi connectivity index (χ3n) is 3.19. The fraction of sp³-hybridized carbons (Fsp3) is 0.833. The standard InChI is InChI=1S/C12H23N3/c1-5-11(6-2)13-9-12-10-14(3)7-8-15(12)4/h1,11-13H,6-10H2,2-4H3. The number of nitrogens with zero attached hydrogens (tertiary/aromatic N) is 2. The van der Waals surface area contributed by atoms with Gasteiger partial charge in [0.25, 0.3) is 0 Å². The van der Waals surface area contributed by atoms with E-state index in [1.165, 1.54) is 6.54 Å². The second kappa shape index (κ2) is 6.12. The number of likely N-dealkylation sites (N-methyl/N-ethyl adjacent to an activating group) is 2. The Bertz CT molecular complexity index is 221. The molecule has 3 heteroatoms. The van der Waals surface area contributed by atoms with Crippen molar-refractivity contribution >= 4 is 0 Å². The SMILES string of the molecule is C#CC(CC)NCC1CN(C)CCN1C. The summed E-state index contributed by atoms with van der Waals surface area (Å²) in [7, 11) is 4.37. The van der Waals surface area contributed by atoms with E-state index >= 15 is 0 Å². The van der Waals surface area contributed by atoms with Gasteiger partial charge in [-0.1, -0.05) is 12.8 Å². The van der Waals surface area contributed by atoms with Crippen LogP contribution in [0.4, 0.5) is 0 Å². The van der Waals surface area contributed by atoms with Crippen molar-refractivity contribution in [1.82, 2.24) is 15.1 Å². The van der Waals surface area contributed by atoms with E-state index < -0.39 is 0 Å². The lowest BCUT2D eigenvalue weighted by atomic mass is 10.1. The van der Waals surface area contributed by atoms with Crippen molar-refractivity contribution in [3.05, 3.63) is 0 Å². The Hall–Kier alpha value is -0.560. The van der Waals surface area contributed by atoms with Crippen LogP contribution < -0.4 is 5.32 Å². The molecule has 1 saturated heterocycles. The monoisotopic (exact) mass is 209 g/mol. The Kier molecular flexibility index (Phi) is 5.10. The van der Waals surface area contributed by atoms with Gasteiger partial charge in [-0.2, -0.15) is 0 Å². The molecule has 0 spiro atoms. The van der Waals surface area contributed by atoms with E-state index in [4.69, 9.17) is 6.42 Å². The molecule has 1 heterocycles. The molecular weight excluding hydrogens is 186 g/mol. The molecular formula is C12H23N3. The molecule has 0 aromatic rings. The summed E-state index contributed by atoms with van der Waals surface area (Å²) in [5, 5.41) is 3.44. The van der Waals surface area contributed by atoms with Crippen LogP contribution in [0.15, 0.2) is 0 Å². The van der Waals surface area contributed by atoms with Crippen molar-refractivity contribution < 1.29 is 0 Å². The summed E-state index contributed by atoms with van der Waals surface area (Å²) in [5.74, 6) is 2.77. The van der Waals surface area contributed by atoms with Crippen molar-refractivity contribution in [2.75, 3.05) is 40.3 Å². The first-order valence-corrected chi connectivity index (χ1v) is 5.75. The van der Waals surface area contributed by atoms with Gasteiger partial charge < -0.3 is 10.2 Å². The fourth-order valence-corrected chi connectivity index (χ4v) is 1.92. The average Bonchev–Trinajstić information content (AvgIpc) is 2.24. The van der Waals surface area contributed by atoms with Crippen molar-refractivity contribution in [3.63, 3.8) is 0 Å². The second-order valence-corrected chi connectivity index (χ2v) is 4.43. The number of rotatable bonds is 4. The Balaban J connectivity index is 2.33. The first kappa shape index (κ1) is 12.5. The highest BCUT2D eigenvalue weighted by Crippen LogP contribution is 2.05. The summed E-state index contributed by atoms with van der Waals surface area (Å²) in [5.41, 5.74) is 0. The molecule has 1 aliphatic rings. The van der Waals surface area contributed by atoms with Gasteiger partial charge in [0, 0.05) is 32.2 Å². The van der Waals surface area contributed by atoms with Crippen molar-refractivity contribution in [2.45, 2.75) is 25.4 Å². The largest absolute Gasteiger partial charge is 0.303 e. The third kappa shape index (κ3) is 3.83. The van der Waals surface area contributed by atoms with Crippen LogP contribution >= 0.6 is 0 Å². The quantitative estimate of drug-likeness (QED) is 0.669. The minimum atomic E-state index is 0.227. The van der Waals surface area contributed by atoms with E-state index in [9.17, 15) is 0 Å². The molecule has 1 N–H and O–H groups in total. The molecule has 1 rings (SSSR count). The Morgan fingerprint density at radius 2 is 2.20 bits per heavy atom. The maximum atomic E-state index is 5.42. The molecule has 0 aromatic carbocycles. The normalized spacial score (nSPS) is 26.1. The maximum absolute atomic E-state index is 5.42. The Labute approximate surface area is 93.8 Å². The van der Waals surface area contributed by atoms with Gasteiger partial charge in [-0.25, -0.2) is 0 Å². The number of hydrogen-bond donors (Lipinski definition) is 1. The molecule has 3 nitrogen and oxygen atoms in total. The van der Waals surface area contributed by atoms with Gasteiger partial charge in [0.15, 0.2) is 0 Å². The number of piperazine rings is 1. The second-order valence-electron chi connectivity index (χ2n) is 4.43. The molecule has 0 saturated carbocycles. The first-order chi connectivity index (χ1) is 7.17. The average molecular weight is 209 g/mol. The maximum Gasteiger partial charge on any atom is 0.0684 e. The Morgan fingerprint density at radius 1 is 1.47 bits per heavy atom. The predicted octanol–water partition coefficient (Wildman–Crippen LogP) is 0.234. The minimum Gasteiger partial charge on any atom is -0.303 e. The fourth-order valence-electron chi connectivity index (χ4n) is 1.92. The summed E-state index contributed by atoms with van der Waals surface area (Å²) in [6.07, 6.45) is 6.43. The number of terminal acetylenes is 1. The smallest absolute Gasteiger partial charge is 0.0684 e. The zero-order chi connectivity index (χ0) is 11.3. The molecule has 86 valence electrons. The molecule has 0 amide bonds. The lowest BCUT2D eigenvalue weighted by molar-refractivity contribution is 0.112. The zero-order valence-corrected chi connectivity index (χ0v) is 10.2. The molecule has 0 radical (unpaired) electrons. The van der Waals surface area contributed by atoms with Crippen LogP contribution in [-0.4, -0.2) is 62.2 Å². The summed E-state index contributed by atoms with van der Waals surface area (Å²) < 4.78 is 0. The predicted molar refractivity (Wildman–Crippen MR) is 64.8 cm³/mol. The van der Waals surface area contributed by atoms with Crippen molar-refractivity contribution in [1.29, 1.82) is 0 Å². The highest BCUT2D eigenvalue weighted by molar-refractivity contribution is 4.98. The van der Waals surface area contributed by atoms with Gasteiger partial charge in [-0.05, 0) is 20.5 Å². The van der Waals surface area contributed by atoms with Crippen LogP contribution in [0.25, 0.3) is 0 Å². The zero-order valence-electron chi connectivity index (χ0n) is 10.2. The number of hydrogen-bond acceptors (Lipinski definition) is 3. The summed E-state index contributed by atoms with van der Waals surface area (Å²) in [6, 6.07) is 0.816. The van der Waals surface area contributed by atoms with Crippen LogP contribution in [0.2, 0.25) is 0 Å². The highest BCUT2D eigenvalue weighted by atomic mass is 15.3. The van der Waals surface area contributed by atoms with E-state index in [0.717, 1.165) is 26.1 Å². The molecule has 0 bridgehead atoms. The lowest BCUT2D eigenvalue weighted by Crippen LogP contribution is -2.54. The Morgan fingerprint density at radius 3 is 2.80 bits per heavy atom. The van der Waals surface area contributed by atoms with E-state index in [1.54, 1.807) is 0 Å². The lowest BCUT2D eigenvalue weighted by Gasteiger charge is -2.38. The first-order valence-electron chi connectivity index (χ1n) is 5.75.